The number of benzene rings is 1. The Kier molecular flexibility index (Phi) is 4.24. The van der Waals surface area contributed by atoms with Crippen LogP contribution in [0.5, 0.6) is 0 Å². The Morgan fingerprint density at radius 3 is 2.70 bits per heavy atom. The summed E-state index contributed by atoms with van der Waals surface area (Å²) in [6.45, 7) is 1.83. The number of para-hydroxylation sites is 1. The van der Waals surface area contributed by atoms with Crippen LogP contribution in [0.25, 0.3) is 11.2 Å². The minimum atomic E-state index is -0.829. The van der Waals surface area contributed by atoms with E-state index in [1.165, 1.54) is 6.07 Å². The molecule has 2 aromatic heterocycles. The van der Waals surface area contributed by atoms with E-state index < -0.39 is 23.2 Å². The molecule has 0 aliphatic carbocycles. The van der Waals surface area contributed by atoms with E-state index in [4.69, 9.17) is 4.42 Å². The third-order valence-corrected chi connectivity index (χ3v) is 3.76. The van der Waals surface area contributed by atoms with Crippen molar-refractivity contribution in [1.29, 1.82) is 0 Å². The van der Waals surface area contributed by atoms with Gasteiger partial charge in [-0.1, -0.05) is 17.8 Å². The molecule has 0 aliphatic rings. The van der Waals surface area contributed by atoms with Gasteiger partial charge < -0.3 is 9.73 Å². The fourth-order valence-corrected chi connectivity index (χ4v) is 2.50. The van der Waals surface area contributed by atoms with Crippen molar-refractivity contribution in [3.63, 3.8) is 0 Å². The minimum absolute atomic E-state index is 0.0976. The fourth-order valence-electron chi connectivity index (χ4n) is 1.88. The number of aromatic nitrogens is 2. The minimum Gasteiger partial charge on any atom is -0.430 e. The van der Waals surface area contributed by atoms with Gasteiger partial charge in [-0.05, 0) is 31.2 Å². The standard InChI is InChI=1S/C15H11F2N3O2S/c1-8-5-6-11-14(18-8)20-15(22-11)23-7-12(21)19-13-9(16)3-2-4-10(13)17/h2-6H,7H2,1H3,(H,19,21). The van der Waals surface area contributed by atoms with Gasteiger partial charge in [0.1, 0.15) is 17.3 Å². The number of carbonyl (C=O) groups is 1. The Labute approximate surface area is 134 Å². The summed E-state index contributed by atoms with van der Waals surface area (Å²) in [5, 5.41) is 2.46. The zero-order valence-corrected chi connectivity index (χ0v) is 12.8. The van der Waals surface area contributed by atoms with E-state index in [-0.39, 0.29) is 11.0 Å². The number of nitrogens with one attached hydrogen (secondary N) is 1. The van der Waals surface area contributed by atoms with Crippen LogP contribution in [0.1, 0.15) is 5.69 Å². The van der Waals surface area contributed by atoms with Gasteiger partial charge in [0.25, 0.3) is 5.22 Å². The van der Waals surface area contributed by atoms with E-state index in [0.717, 1.165) is 29.6 Å². The Balaban J connectivity index is 1.66. The van der Waals surface area contributed by atoms with Crippen LogP contribution in [0.2, 0.25) is 0 Å². The number of anilines is 1. The summed E-state index contributed by atoms with van der Waals surface area (Å²) in [6.07, 6.45) is 0. The zero-order valence-electron chi connectivity index (χ0n) is 12.0. The monoisotopic (exact) mass is 335 g/mol. The van der Waals surface area contributed by atoms with Crippen molar-refractivity contribution in [1.82, 2.24) is 9.97 Å². The summed E-state index contributed by atoms with van der Waals surface area (Å²) < 4.78 is 32.3. The number of fused-ring (bicyclic) bond motifs is 1. The maximum Gasteiger partial charge on any atom is 0.258 e. The number of amides is 1. The average molecular weight is 335 g/mol. The molecule has 3 aromatic rings. The topological polar surface area (TPSA) is 68.0 Å². The van der Waals surface area contributed by atoms with Crippen molar-refractivity contribution in [3.8, 4) is 0 Å². The number of pyridine rings is 1. The number of carbonyl (C=O) groups excluding carboxylic acids is 1. The summed E-state index contributed by atoms with van der Waals surface area (Å²) in [5.41, 5.74) is 1.30. The Hall–Kier alpha value is -2.48. The van der Waals surface area contributed by atoms with Crippen LogP contribution in [0.4, 0.5) is 14.5 Å². The molecule has 0 atom stereocenters. The quantitative estimate of drug-likeness (QED) is 0.739. The molecule has 1 N–H and O–H groups in total. The SMILES string of the molecule is Cc1ccc2oc(SCC(=O)Nc3c(F)cccc3F)nc2n1. The van der Waals surface area contributed by atoms with Crippen LogP contribution in [-0.4, -0.2) is 21.6 Å². The third kappa shape index (κ3) is 3.48. The summed E-state index contributed by atoms with van der Waals surface area (Å²) >= 11 is 1.02. The molecule has 3 rings (SSSR count). The van der Waals surface area contributed by atoms with Crippen molar-refractivity contribution >= 4 is 34.6 Å². The van der Waals surface area contributed by atoms with Crippen LogP contribution in [-0.2, 0) is 4.79 Å². The largest absolute Gasteiger partial charge is 0.430 e. The fraction of sp³-hybridized carbons (Fsp3) is 0.133. The van der Waals surface area contributed by atoms with Crippen LogP contribution < -0.4 is 5.32 Å². The third-order valence-electron chi connectivity index (χ3n) is 2.93. The lowest BCUT2D eigenvalue weighted by Crippen LogP contribution is -2.16. The zero-order chi connectivity index (χ0) is 16.4. The molecule has 8 heteroatoms. The number of oxazole rings is 1. The maximum atomic E-state index is 13.5. The molecule has 1 aromatic carbocycles. The van der Waals surface area contributed by atoms with E-state index in [0.29, 0.717) is 11.2 Å². The van der Waals surface area contributed by atoms with Crippen molar-refractivity contribution in [2.45, 2.75) is 12.1 Å². The van der Waals surface area contributed by atoms with Gasteiger partial charge in [-0.15, -0.1) is 0 Å². The summed E-state index contributed by atoms with van der Waals surface area (Å²) in [7, 11) is 0. The second-order valence-corrected chi connectivity index (χ2v) is 5.61. The smallest absolute Gasteiger partial charge is 0.258 e. The summed E-state index contributed by atoms with van der Waals surface area (Å²) in [4.78, 5) is 20.2. The molecule has 1 amide bonds. The van der Waals surface area contributed by atoms with Gasteiger partial charge in [-0.25, -0.2) is 13.8 Å². The van der Waals surface area contributed by atoms with Crippen molar-refractivity contribution in [2.75, 3.05) is 11.1 Å². The normalized spacial score (nSPS) is 10.9. The number of nitrogens with zero attached hydrogens (tertiary/aromatic N) is 2. The Morgan fingerprint density at radius 2 is 1.96 bits per heavy atom. The van der Waals surface area contributed by atoms with E-state index in [1.54, 1.807) is 12.1 Å². The van der Waals surface area contributed by atoms with Crippen LogP contribution in [0.3, 0.4) is 0 Å². The van der Waals surface area contributed by atoms with E-state index in [9.17, 15) is 13.6 Å². The van der Waals surface area contributed by atoms with Gasteiger partial charge in [0.2, 0.25) is 5.91 Å². The lowest BCUT2D eigenvalue weighted by atomic mass is 10.3. The number of rotatable bonds is 4. The van der Waals surface area contributed by atoms with Gasteiger partial charge in [0, 0.05) is 5.69 Å². The number of hydrogen-bond acceptors (Lipinski definition) is 5. The number of halogens is 2. The van der Waals surface area contributed by atoms with Gasteiger partial charge in [0.05, 0.1) is 5.75 Å². The molecule has 0 saturated carbocycles. The lowest BCUT2D eigenvalue weighted by Gasteiger charge is -2.06. The second kappa shape index (κ2) is 6.33. The first kappa shape index (κ1) is 15.4. The number of hydrogen-bond donors (Lipinski definition) is 1. The van der Waals surface area contributed by atoms with E-state index in [1.807, 2.05) is 6.92 Å². The first-order valence-corrected chi connectivity index (χ1v) is 7.62. The number of aryl methyl sites for hydroxylation is 1. The van der Waals surface area contributed by atoms with Crippen LogP contribution in [0.15, 0.2) is 40.0 Å². The molecular weight excluding hydrogens is 324 g/mol. The Morgan fingerprint density at radius 1 is 1.22 bits per heavy atom. The predicted molar refractivity (Wildman–Crippen MR) is 82.3 cm³/mol. The molecule has 0 fully saturated rings. The van der Waals surface area contributed by atoms with E-state index >= 15 is 0 Å². The molecule has 118 valence electrons. The molecule has 0 unspecified atom stereocenters. The van der Waals surface area contributed by atoms with E-state index in [2.05, 4.69) is 15.3 Å². The van der Waals surface area contributed by atoms with Crippen LogP contribution in [0, 0.1) is 18.6 Å². The van der Waals surface area contributed by atoms with Gasteiger partial charge in [0.15, 0.2) is 11.2 Å². The molecular formula is C15H11F2N3O2S. The highest BCUT2D eigenvalue weighted by molar-refractivity contribution is 7.99. The Bertz CT molecular complexity index is 862. The van der Waals surface area contributed by atoms with Crippen molar-refractivity contribution in [2.24, 2.45) is 0 Å². The highest BCUT2D eigenvalue weighted by Crippen LogP contribution is 2.23. The first-order chi connectivity index (χ1) is 11.0. The molecule has 5 nitrogen and oxygen atoms in total. The highest BCUT2D eigenvalue weighted by Gasteiger charge is 2.14. The molecule has 0 bridgehead atoms. The maximum absolute atomic E-state index is 13.5. The molecule has 0 radical (unpaired) electrons. The van der Waals surface area contributed by atoms with Crippen molar-refractivity contribution < 1.29 is 18.0 Å². The number of thioether (sulfide) groups is 1. The summed E-state index contributed by atoms with van der Waals surface area (Å²) in [6, 6.07) is 6.89. The molecule has 0 spiro atoms. The summed E-state index contributed by atoms with van der Waals surface area (Å²) in [5.74, 6) is -2.32. The van der Waals surface area contributed by atoms with Crippen LogP contribution >= 0.6 is 11.8 Å². The first-order valence-electron chi connectivity index (χ1n) is 6.64. The molecule has 0 aliphatic heterocycles. The van der Waals surface area contributed by atoms with Gasteiger partial charge in [-0.3, -0.25) is 4.79 Å². The van der Waals surface area contributed by atoms with Gasteiger partial charge in [-0.2, -0.15) is 4.98 Å². The predicted octanol–water partition coefficient (Wildman–Crippen LogP) is 3.54. The molecule has 2 heterocycles. The second-order valence-electron chi connectivity index (χ2n) is 4.69. The molecule has 23 heavy (non-hydrogen) atoms. The average Bonchev–Trinajstić information content (AvgIpc) is 2.91. The van der Waals surface area contributed by atoms with Gasteiger partial charge >= 0.3 is 0 Å². The highest BCUT2D eigenvalue weighted by atomic mass is 32.2. The van der Waals surface area contributed by atoms with Crippen molar-refractivity contribution in [3.05, 3.63) is 47.7 Å². The lowest BCUT2D eigenvalue weighted by molar-refractivity contribution is -0.113. The molecule has 0 saturated heterocycles.